The van der Waals surface area contributed by atoms with Gasteiger partial charge in [0, 0.05) is 11.4 Å². The van der Waals surface area contributed by atoms with Crippen molar-refractivity contribution < 1.29 is 0 Å². The molecule has 0 aliphatic heterocycles. The molecule has 4 nitrogen and oxygen atoms in total. The van der Waals surface area contributed by atoms with E-state index in [1.165, 1.54) is 0 Å². The lowest BCUT2D eigenvalue weighted by Gasteiger charge is -2.16. The molecule has 0 bridgehead atoms. The highest BCUT2D eigenvalue weighted by Gasteiger charge is 2.21. The van der Waals surface area contributed by atoms with Gasteiger partial charge in [0.2, 0.25) is 0 Å². The summed E-state index contributed by atoms with van der Waals surface area (Å²) in [6, 6.07) is 9.31. The Kier molecular flexibility index (Phi) is 3.80. The van der Waals surface area contributed by atoms with Crippen molar-refractivity contribution in [1.82, 2.24) is 0 Å². The summed E-state index contributed by atoms with van der Waals surface area (Å²) in [7, 11) is 0. The summed E-state index contributed by atoms with van der Waals surface area (Å²) in [5.74, 6) is 0. The number of para-hydroxylation sites is 1. The van der Waals surface area contributed by atoms with Gasteiger partial charge in [-0.1, -0.05) is 31.2 Å². The molecule has 2 aromatic carbocycles. The summed E-state index contributed by atoms with van der Waals surface area (Å²) in [5, 5.41) is 5.99. The van der Waals surface area contributed by atoms with Gasteiger partial charge in [0.25, 0.3) is 10.9 Å². The number of benzene rings is 1. The molecule has 4 heteroatoms. The highest BCUT2D eigenvalue weighted by atomic mass is 16.2. The highest BCUT2D eigenvalue weighted by molar-refractivity contribution is 5.79. The molecule has 0 heterocycles. The molecular weight excluding hydrogens is 240 g/mol. The van der Waals surface area contributed by atoms with Crippen molar-refractivity contribution in [2.24, 2.45) is 0 Å². The SMILES string of the molecule is C/C=C(\CC)Nc1c(Nc2ccccc2)c(=O)c1=O. The van der Waals surface area contributed by atoms with E-state index in [0.29, 0.717) is 11.4 Å². The van der Waals surface area contributed by atoms with Crippen molar-refractivity contribution in [3.05, 3.63) is 62.6 Å². The Hall–Kier alpha value is -2.36. The minimum atomic E-state index is -0.474. The van der Waals surface area contributed by atoms with Crippen LogP contribution in [0, 0.1) is 0 Å². The van der Waals surface area contributed by atoms with Crippen LogP contribution in [0.2, 0.25) is 0 Å². The molecule has 0 spiro atoms. The minimum Gasteiger partial charge on any atom is -0.354 e. The van der Waals surface area contributed by atoms with E-state index in [2.05, 4.69) is 10.6 Å². The summed E-state index contributed by atoms with van der Waals surface area (Å²) >= 11 is 0. The van der Waals surface area contributed by atoms with Crippen LogP contribution in [0.15, 0.2) is 51.7 Å². The topological polar surface area (TPSA) is 58.2 Å². The zero-order valence-corrected chi connectivity index (χ0v) is 11.0. The lowest BCUT2D eigenvalue weighted by molar-refractivity contribution is 1.09. The van der Waals surface area contributed by atoms with Gasteiger partial charge in [-0.25, -0.2) is 0 Å². The highest BCUT2D eigenvalue weighted by Crippen LogP contribution is 2.22. The third-order valence-electron chi connectivity index (χ3n) is 2.97. The quantitative estimate of drug-likeness (QED) is 0.808. The minimum absolute atomic E-state index is 0.337. The molecule has 98 valence electrons. The van der Waals surface area contributed by atoms with Crippen LogP contribution in [-0.2, 0) is 0 Å². The lowest BCUT2D eigenvalue weighted by atomic mass is 10.1. The number of nitrogens with one attached hydrogen (secondary N) is 2. The molecular formula is C15H16N2O2. The van der Waals surface area contributed by atoms with Crippen molar-refractivity contribution in [2.45, 2.75) is 20.3 Å². The monoisotopic (exact) mass is 256 g/mol. The summed E-state index contributed by atoms with van der Waals surface area (Å²) in [6.45, 7) is 3.87. The summed E-state index contributed by atoms with van der Waals surface area (Å²) in [5.41, 5.74) is 1.45. The fourth-order valence-corrected chi connectivity index (χ4v) is 1.82. The van der Waals surface area contributed by atoms with Gasteiger partial charge >= 0.3 is 0 Å². The van der Waals surface area contributed by atoms with Gasteiger partial charge in [-0.15, -0.1) is 0 Å². The molecule has 0 radical (unpaired) electrons. The molecule has 0 unspecified atom stereocenters. The van der Waals surface area contributed by atoms with E-state index in [1.807, 2.05) is 50.3 Å². The number of hydrogen-bond donors (Lipinski definition) is 2. The second-order valence-electron chi connectivity index (χ2n) is 4.19. The standard InChI is InChI=1S/C15H16N2O2/c1-3-10(4-2)16-12-13(15(19)14(12)18)17-11-8-6-5-7-9-11/h3,5-9,16-17H,4H2,1-2H3/b10-3+. The maximum Gasteiger partial charge on any atom is 0.253 e. The molecule has 0 aliphatic carbocycles. The van der Waals surface area contributed by atoms with Crippen molar-refractivity contribution in [2.75, 3.05) is 10.6 Å². The number of hydrogen-bond acceptors (Lipinski definition) is 4. The average molecular weight is 256 g/mol. The third-order valence-corrected chi connectivity index (χ3v) is 2.97. The molecule has 19 heavy (non-hydrogen) atoms. The Labute approximate surface area is 111 Å². The van der Waals surface area contributed by atoms with Crippen LogP contribution in [-0.4, -0.2) is 0 Å². The summed E-state index contributed by atoms with van der Waals surface area (Å²) in [4.78, 5) is 23.2. The fraction of sp³-hybridized carbons (Fsp3) is 0.200. The Bertz CT molecular complexity index is 665. The van der Waals surface area contributed by atoms with Gasteiger partial charge in [0.05, 0.1) is 0 Å². The van der Waals surface area contributed by atoms with Crippen molar-refractivity contribution in [3.8, 4) is 0 Å². The zero-order valence-electron chi connectivity index (χ0n) is 11.0. The summed E-state index contributed by atoms with van der Waals surface area (Å²) in [6.07, 6.45) is 2.67. The smallest absolute Gasteiger partial charge is 0.253 e. The predicted molar refractivity (Wildman–Crippen MR) is 78.7 cm³/mol. The Morgan fingerprint density at radius 2 is 1.74 bits per heavy atom. The first-order valence-electron chi connectivity index (χ1n) is 6.25. The molecule has 0 saturated heterocycles. The normalized spacial score (nSPS) is 11.6. The Balaban J connectivity index is 2.26. The predicted octanol–water partition coefficient (Wildman–Crippen LogP) is 2.75. The van der Waals surface area contributed by atoms with E-state index < -0.39 is 10.9 Å². The van der Waals surface area contributed by atoms with Crippen LogP contribution in [0.1, 0.15) is 20.3 Å². The van der Waals surface area contributed by atoms with Crippen LogP contribution in [0.5, 0.6) is 0 Å². The van der Waals surface area contributed by atoms with E-state index in [-0.39, 0.29) is 0 Å². The number of allylic oxidation sites excluding steroid dienone is 2. The third kappa shape index (κ3) is 2.57. The largest absolute Gasteiger partial charge is 0.354 e. The molecule has 0 amide bonds. The van der Waals surface area contributed by atoms with E-state index in [0.717, 1.165) is 17.8 Å². The van der Waals surface area contributed by atoms with Gasteiger partial charge in [-0.05, 0) is 25.5 Å². The molecule has 0 aliphatic rings. The first-order valence-corrected chi connectivity index (χ1v) is 6.25. The van der Waals surface area contributed by atoms with Gasteiger partial charge in [-0.2, -0.15) is 0 Å². The van der Waals surface area contributed by atoms with Crippen molar-refractivity contribution >= 4 is 17.1 Å². The second kappa shape index (κ2) is 5.52. The average Bonchev–Trinajstić information content (AvgIpc) is 2.47. The fourth-order valence-electron chi connectivity index (χ4n) is 1.82. The first-order chi connectivity index (χ1) is 9.17. The van der Waals surface area contributed by atoms with Crippen molar-refractivity contribution in [1.29, 1.82) is 0 Å². The molecule has 0 atom stereocenters. The molecule has 2 N–H and O–H groups in total. The van der Waals surface area contributed by atoms with Gasteiger partial charge < -0.3 is 10.6 Å². The second-order valence-corrected chi connectivity index (χ2v) is 4.19. The molecule has 0 aromatic heterocycles. The lowest BCUT2D eigenvalue weighted by Crippen LogP contribution is -2.36. The Morgan fingerprint density at radius 3 is 2.32 bits per heavy atom. The summed E-state index contributed by atoms with van der Waals surface area (Å²) < 4.78 is 0. The van der Waals surface area contributed by atoms with Gasteiger partial charge in [-0.3, -0.25) is 9.59 Å². The van der Waals surface area contributed by atoms with Crippen LogP contribution in [0.25, 0.3) is 0 Å². The number of rotatable bonds is 5. The molecule has 0 saturated carbocycles. The molecule has 0 fully saturated rings. The maximum atomic E-state index is 11.6. The van der Waals surface area contributed by atoms with E-state index >= 15 is 0 Å². The molecule has 2 rings (SSSR count). The zero-order chi connectivity index (χ0) is 13.8. The van der Waals surface area contributed by atoms with Gasteiger partial charge in [0.1, 0.15) is 11.4 Å². The first kappa shape index (κ1) is 13.1. The van der Waals surface area contributed by atoms with Crippen molar-refractivity contribution in [3.63, 3.8) is 0 Å². The van der Waals surface area contributed by atoms with Crippen LogP contribution in [0.4, 0.5) is 17.1 Å². The van der Waals surface area contributed by atoms with E-state index in [4.69, 9.17) is 0 Å². The van der Waals surface area contributed by atoms with E-state index in [9.17, 15) is 9.59 Å². The van der Waals surface area contributed by atoms with Gasteiger partial charge in [0.15, 0.2) is 0 Å². The molecule has 2 aromatic rings. The maximum absolute atomic E-state index is 11.6. The van der Waals surface area contributed by atoms with Crippen LogP contribution < -0.4 is 21.5 Å². The van der Waals surface area contributed by atoms with E-state index in [1.54, 1.807) is 0 Å². The van der Waals surface area contributed by atoms with Crippen LogP contribution in [0.3, 0.4) is 0 Å². The Morgan fingerprint density at radius 1 is 1.11 bits per heavy atom. The van der Waals surface area contributed by atoms with Crippen LogP contribution >= 0.6 is 0 Å². The number of anilines is 3.